The van der Waals surface area contributed by atoms with Crippen molar-refractivity contribution < 1.29 is 15.0 Å². The van der Waals surface area contributed by atoms with Crippen LogP contribution in [0, 0.1) is 5.92 Å². The molecule has 3 nitrogen and oxygen atoms in total. The van der Waals surface area contributed by atoms with Crippen LogP contribution in [-0.2, 0) is 4.79 Å². The van der Waals surface area contributed by atoms with E-state index in [1.807, 2.05) is 6.92 Å². The van der Waals surface area contributed by atoms with E-state index in [9.17, 15) is 9.90 Å². The molecule has 0 heterocycles. The van der Waals surface area contributed by atoms with Gasteiger partial charge in [0.05, 0.1) is 12.0 Å². The first-order chi connectivity index (χ1) is 7.13. The van der Waals surface area contributed by atoms with Gasteiger partial charge in [0, 0.05) is 0 Å². The van der Waals surface area contributed by atoms with Crippen LogP contribution in [0.15, 0.2) is 0 Å². The second-order valence-corrected chi connectivity index (χ2v) is 4.15. The molecule has 0 spiro atoms. The van der Waals surface area contributed by atoms with Crippen LogP contribution in [0.3, 0.4) is 0 Å². The summed E-state index contributed by atoms with van der Waals surface area (Å²) in [6.07, 6.45) is 5.49. The van der Waals surface area contributed by atoms with E-state index < -0.39 is 18.0 Å². The molecule has 0 bridgehead atoms. The zero-order chi connectivity index (χ0) is 11.7. The summed E-state index contributed by atoms with van der Waals surface area (Å²) in [6.45, 7) is 4.13. The molecular weight excluding hydrogens is 192 g/mol. The van der Waals surface area contributed by atoms with E-state index in [0.717, 1.165) is 32.1 Å². The number of carbonyl (C=O) groups is 1. The molecule has 0 saturated heterocycles. The first kappa shape index (κ1) is 14.4. The topological polar surface area (TPSA) is 57.5 Å². The summed E-state index contributed by atoms with van der Waals surface area (Å²) in [7, 11) is 0. The molecule has 0 aromatic carbocycles. The minimum absolute atomic E-state index is 0.568. The van der Waals surface area contributed by atoms with E-state index in [-0.39, 0.29) is 0 Å². The van der Waals surface area contributed by atoms with Crippen LogP contribution in [-0.4, -0.2) is 22.3 Å². The third kappa shape index (κ3) is 6.50. The predicted octanol–water partition coefficient (Wildman–Crippen LogP) is 2.82. The van der Waals surface area contributed by atoms with Crippen LogP contribution >= 0.6 is 0 Å². The van der Waals surface area contributed by atoms with E-state index in [0.29, 0.717) is 12.8 Å². The molecule has 90 valence electrons. The molecule has 0 radical (unpaired) electrons. The molecule has 15 heavy (non-hydrogen) atoms. The quantitative estimate of drug-likeness (QED) is 0.583. The summed E-state index contributed by atoms with van der Waals surface area (Å²) in [6, 6.07) is 0. The number of aliphatic hydroxyl groups is 1. The van der Waals surface area contributed by atoms with Crippen LogP contribution in [0.1, 0.15) is 58.8 Å². The number of hydrogen-bond acceptors (Lipinski definition) is 2. The van der Waals surface area contributed by atoms with Gasteiger partial charge in [-0.05, 0) is 12.8 Å². The SMILES string of the molecule is CCCCC[C@@H](O)[C@@H](CCCC)C(=O)O. The molecule has 0 aliphatic heterocycles. The Morgan fingerprint density at radius 3 is 2.13 bits per heavy atom. The van der Waals surface area contributed by atoms with Gasteiger partial charge >= 0.3 is 5.97 Å². The fourth-order valence-electron chi connectivity index (χ4n) is 1.71. The van der Waals surface area contributed by atoms with Gasteiger partial charge in [-0.2, -0.15) is 0 Å². The Morgan fingerprint density at radius 1 is 1.07 bits per heavy atom. The van der Waals surface area contributed by atoms with Crippen LogP contribution in [0.2, 0.25) is 0 Å². The molecule has 2 N–H and O–H groups in total. The minimum Gasteiger partial charge on any atom is -0.481 e. The van der Waals surface area contributed by atoms with Gasteiger partial charge < -0.3 is 10.2 Å². The maximum absolute atomic E-state index is 10.9. The van der Waals surface area contributed by atoms with Crippen molar-refractivity contribution in [2.24, 2.45) is 5.92 Å². The lowest BCUT2D eigenvalue weighted by atomic mass is 9.92. The van der Waals surface area contributed by atoms with E-state index in [1.54, 1.807) is 0 Å². The molecule has 0 saturated carbocycles. The lowest BCUT2D eigenvalue weighted by molar-refractivity contribution is -0.146. The average Bonchev–Trinajstić information content (AvgIpc) is 2.18. The first-order valence-corrected chi connectivity index (χ1v) is 6.04. The first-order valence-electron chi connectivity index (χ1n) is 6.04. The molecule has 0 rings (SSSR count). The minimum atomic E-state index is -0.854. The third-order valence-corrected chi connectivity index (χ3v) is 2.75. The van der Waals surface area contributed by atoms with E-state index in [1.165, 1.54) is 0 Å². The van der Waals surface area contributed by atoms with Gasteiger partial charge in [-0.25, -0.2) is 0 Å². The summed E-state index contributed by atoms with van der Waals surface area (Å²) in [5.41, 5.74) is 0. The molecule has 3 heteroatoms. The van der Waals surface area contributed by atoms with Crippen molar-refractivity contribution in [3.05, 3.63) is 0 Å². The molecule has 0 aromatic heterocycles. The smallest absolute Gasteiger partial charge is 0.309 e. The lowest BCUT2D eigenvalue weighted by Gasteiger charge is -2.18. The Hall–Kier alpha value is -0.570. The molecule has 0 aliphatic rings. The molecule has 0 fully saturated rings. The van der Waals surface area contributed by atoms with Gasteiger partial charge in [-0.1, -0.05) is 46.0 Å². The van der Waals surface area contributed by atoms with Crippen molar-refractivity contribution in [1.82, 2.24) is 0 Å². The maximum atomic E-state index is 10.9. The van der Waals surface area contributed by atoms with Gasteiger partial charge in [-0.3, -0.25) is 4.79 Å². The van der Waals surface area contributed by atoms with Crippen molar-refractivity contribution >= 4 is 5.97 Å². The standard InChI is InChI=1S/C12H24O3/c1-3-5-7-9-11(13)10(12(14)15)8-6-4-2/h10-11,13H,3-9H2,1-2H3,(H,14,15)/t10-,11-/m1/s1. The van der Waals surface area contributed by atoms with E-state index in [2.05, 4.69) is 6.92 Å². The zero-order valence-electron chi connectivity index (χ0n) is 9.91. The number of rotatable bonds is 9. The van der Waals surface area contributed by atoms with Crippen molar-refractivity contribution in [3.8, 4) is 0 Å². The van der Waals surface area contributed by atoms with Crippen molar-refractivity contribution in [2.45, 2.75) is 64.9 Å². The van der Waals surface area contributed by atoms with Gasteiger partial charge in [-0.15, -0.1) is 0 Å². The molecule has 0 unspecified atom stereocenters. The maximum Gasteiger partial charge on any atom is 0.309 e. The fourth-order valence-corrected chi connectivity index (χ4v) is 1.71. The highest BCUT2D eigenvalue weighted by Crippen LogP contribution is 2.18. The fraction of sp³-hybridized carbons (Fsp3) is 0.917. The van der Waals surface area contributed by atoms with Crippen LogP contribution < -0.4 is 0 Å². The summed E-state index contributed by atoms with van der Waals surface area (Å²) in [5, 5.41) is 18.7. The predicted molar refractivity (Wildman–Crippen MR) is 60.8 cm³/mol. The number of aliphatic carboxylic acids is 1. The molecule has 0 aliphatic carbocycles. The van der Waals surface area contributed by atoms with Gasteiger partial charge in [0.15, 0.2) is 0 Å². The van der Waals surface area contributed by atoms with Gasteiger partial charge in [0.1, 0.15) is 0 Å². The van der Waals surface area contributed by atoms with Crippen molar-refractivity contribution in [1.29, 1.82) is 0 Å². The summed E-state index contributed by atoms with van der Waals surface area (Å²) in [5.74, 6) is -1.42. The summed E-state index contributed by atoms with van der Waals surface area (Å²) < 4.78 is 0. The second kappa shape index (κ2) is 8.72. The Balaban J connectivity index is 3.93. The molecule has 0 amide bonds. The highest BCUT2D eigenvalue weighted by molar-refractivity contribution is 5.70. The van der Waals surface area contributed by atoms with Gasteiger partial charge in [0.2, 0.25) is 0 Å². The normalized spacial score (nSPS) is 14.9. The molecular formula is C12H24O3. The van der Waals surface area contributed by atoms with Crippen LogP contribution in [0.5, 0.6) is 0 Å². The monoisotopic (exact) mass is 216 g/mol. The lowest BCUT2D eigenvalue weighted by Crippen LogP contribution is -2.28. The van der Waals surface area contributed by atoms with Gasteiger partial charge in [0.25, 0.3) is 0 Å². The Bertz CT molecular complexity index is 168. The van der Waals surface area contributed by atoms with E-state index in [4.69, 9.17) is 5.11 Å². The molecule has 2 atom stereocenters. The number of aliphatic hydroxyl groups excluding tert-OH is 1. The second-order valence-electron chi connectivity index (χ2n) is 4.15. The zero-order valence-corrected chi connectivity index (χ0v) is 9.91. The van der Waals surface area contributed by atoms with Crippen LogP contribution in [0.25, 0.3) is 0 Å². The summed E-state index contributed by atoms with van der Waals surface area (Å²) in [4.78, 5) is 10.9. The number of hydrogen-bond donors (Lipinski definition) is 2. The van der Waals surface area contributed by atoms with E-state index >= 15 is 0 Å². The highest BCUT2D eigenvalue weighted by Gasteiger charge is 2.24. The average molecular weight is 216 g/mol. The largest absolute Gasteiger partial charge is 0.481 e. The van der Waals surface area contributed by atoms with Crippen LogP contribution in [0.4, 0.5) is 0 Å². The van der Waals surface area contributed by atoms with Crippen molar-refractivity contribution in [2.75, 3.05) is 0 Å². The summed E-state index contributed by atoms with van der Waals surface area (Å²) >= 11 is 0. The number of carboxylic acids is 1. The Morgan fingerprint density at radius 2 is 1.67 bits per heavy atom. The number of carboxylic acid groups (broad SMARTS) is 1. The Labute approximate surface area is 92.5 Å². The molecule has 0 aromatic rings. The number of unbranched alkanes of at least 4 members (excludes halogenated alkanes) is 3. The third-order valence-electron chi connectivity index (χ3n) is 2.75. The Kier molecular flexibility index (Phi) is 8.38. The highest BCUT2D eigenvalue weighted by atomic mass is 16.4. The van der Waals surface area contributed by atoms with Crippen molar-refractivity contribution in [3.63, 3.8) is 0 Å².